The molecule has 0 unspecified atom stereocenters. The van der Waals surface area contributed by atoms with Crippen molar-refractivity contribution >= 4 is 27.7 Å². The zero-order chi connectivity index (χ0) is 34.2. The summed E-state index contributed by atoms with van der Waals surface area (Å²) in [5.41, 5.74) is 1.28. The van der Waals surface area contributed by atoms with Crippen molar-refractivity contribution in [1.82, 2.24) is 14.7 Å². The molecule has 2 amide bonds. The second-order valence-electron chi connectivity index (χ2n) is 12.9. The zero-order valence-electron chi connectivity index (χ0n) is 27.5. The van der Waals surface area contributed by atoms with E-state index in [4.69, 9.17) is 23.8 Å². The average Bonchev–Trinajstić information content (AvgIpc) is 3.89. The summed E-state index contributed by atoms with van der Waals surface area (Å²) in [6, 6.07) is 14.5. The first-order valence-electron chi connectivity index (χ1n) is 17.1. The van der Waals surface area contributed by atoms with Crippen molar-refractivity contribution in [3.8, 4) is 0 Å². The molecule has 0 spiro atoms. The van der Waals surface area contributed by atoms with Gasteiger partial charge in [0.15, 0.2) is 6.29 Å². The molecule has 15 heteroatoms. The monoisotopic (exact) mass is 702 g/mol. The molecule has 1 aliphatic carbocycles. The molecule has 4 fully saturated rings. The largest absolute Gasteiger partial charge is 0.443 e. The fourth-order valence-corrected chi connectivity index (χ4v) is 7.99. The number of hydrogen-bond acceptors (Lipinski definition) is 11. The number of nitrogens with one attached hydrogen (secondary N) is 2. The molecule has 4 aliphatic rings. The first-order valence-corrected chi connectivity index (χ1v) is 18.5. The van der Waals surface area contributed by atoms with Crippen LogP contribution in [0.1, 0.15) is 37.7 Å². The van der Waals surface area contributed by atoms with Crippen LogP contribution in [0.15, 0.2) is 59.5 Å². The number of morpholine rings is 1. The Morgan fingerprint density at radius 1 is 1.00 bits per heavy atom. The molecular formula is C34H46N4O10S. The topological polar surface area (TPSA) is 165 Å². The highest BCUT2D eigenvalue weighted by Crippen LogP contribution is 2.33. The van der Waals surface area contributed by atoms with E-state index in [1.807, 2.05) is 30.3 Å². The van der Waals surface area contributed by atoms with Gasteiger partial charge in [-0.1, -0.05) is 53.7 Å². The molecule has 49 heavy (non-hydrogen) atoms. The van der Waals surface area contributed by atoms with E-state index in [1.54, 1.807) is 17.0 Å². The number of alkyl carbamates (subject to hydrolysis) is 1. The maximum Gasteiger partial charge on any atom is 0.407 e. The standard InChI is InChI=1S/C34H46N4O10S/c39-30(29(19-24-7-2-1-3-8-24)36-34(41)47-31-23-46-33-28(31)13-16-45-33)22-38(48-26-10-4-5-11-26)49(42,43)27-12-6-9-25(20-27)35-21-32(40)37-14-17-44-18-15-37/h1-3,6-9,12,20,26,28-31,33,35,39H,4-5,10-11,13-19,21-23H2,(H,36,41)/t28-,29+,30+,31-,33+/m1/s1. The quantitative estimate of drug-likeness (QED) is 0.248. The number of carbonyl (C=O) groups excluding carboxylic acids is 2. The Balaban J connectivity index is 1.17. The van der Waals surface area contributed by atoms with E-state index in [1.165, 1.54) is 12.1 Å². The van der Waals surface area contributed by atoms with Gasteiger partial charge in [-0.25, -0.2) is 13.2 Å². The number of ether oxygens (including phenoxy) is 4. The molecule has 6 rings (SSSR count). The van der Waals surface area contributed by atoms with Gasteiger partial charge in [0.1, 0.15) is 6.10 Å². The molecule has 3 heterocycles. The molecule has 2 aromatic carbocycles. The minimum atomic E-state index is -4.30. The maximum absolute atomic E-state index is 14.2. The Labute approximate surface area is 287 Å². The van der Waals surface area contributed by atoms with Gasteiger partial charge < -0.3 is 39.6 Å². The number of anilines is 1. The number of fused-ring (bicyclic) bond motifs is 1. The third kappa shape index (κ3) is 9.28. The van der Waals surface area contributed by atoms with Crippen molar-refractivity contribution in [2.75, 3.05) is 57.9 Å². The van der Waals surface area contributed by atoms with Gasteiger partial charge in [0.2, 0.25) is 5.91 Å². The Kier molecular flexibility index (Phi) is 12.0. The number of amides is 2. The van der Waals surface area contributed by atoms with Crippen molar-refractivity contribution in [1.29, 1.82) is 0 Å². The van der Waals surface area contributed by atoms with E-state index < -0.39 is 47.2 Å². The van der Waals surface area contributed by atoms with Gasteiger partial charge in [-0.15, -0.1) is 0 Å². The van der Waals surface area contributed by atoms with Gasteiger partial charge in [-0.05, 0) is 49.4 Å². The first kappa shape index (κ1) is 35.5. The Morgan fingerprint density at radius 3 is 2.55 bits per heavy atom. The summed E-state index contributed by atoms with van der Waals surface area (Å²) >= 11 is 0. The van der Waals surface area contributed by atoms with E-state index in [-0.39, 0.29) is 42.4 Å². The first-order chi connectivity index (χ1) is 23.8. The van der Waals surface area contributed by atoms with Crippen molar-refractivity contribution in [3.05, 3.63) is 60.2 Å². The summed E-state index contributed by atoms with van der Waals surface area (Å²) in [5, 5.41) is 17.5. The lowest BCUT2D eigenvalue weighted by molar-refractivity contribution is -0.145. The molecule has 5 atom stereocenters. The molecular weight excluding hydrogens is 656 g/mol. The van der Waals surface area contributed by atoms with Gasteiger partial charge in [0, 0.05) is 18.8 Å². The third-order valence-electron chi connectivity index (χ3n) is 9.42. The van der Waals surface area contributed by atoms with E-state index >= 15 is 0 Å². The number of aliphatic hydroxyl groups is 1. The molecule has 268 valence electrons. The lowest BCUT2D eigenvalue weighted by atomic mass is 10.0. The summed E-state index contributed by atoms with van der Waals surface area (Å²) in [6.07, 6.45) is 0.746. The maximum atomic E-state index is 14.2. The van der Waals surface area contributed by atoms with Crippen LogP contribution in [0.2, 0.25) is 0 Å². The van der Waals surface area contributed by atoms with Gasteiger partial charge >= 0.3 is 6.09 Å². The van der Waals surface area contributed by atoms with Gasteiger partial charge in [-0.2, -0.15) is 0 Å². The number of carbonyl (C=O) groups is 2. The Morgan fingerprint density at radius 2 is 1.78 bits per heavy atom. The highest BCUT2D eigenvalue weighted by atomic mass is 32.2. The molecule has 14 nitrogen and oxygen atoms in total. The number of hydroxylamine groups is 1. The minimum Gasteiger partial charge on any atom is -0.443 e. The number of benzene rings is 2. The van der Waals surface area contributed by atoms with Crippen LogP contribution >= 0.6 is 0 Å². The van der Waals surface area contributed by atoms with E-state index in [2.05, 4.69) is 10.6 Å². The fourth-order valence-electron chi connectivity index (χ4n) is 6.65. The van der Waals surface area contributed by atoms with Crippen LogP contribution in [-0.2, 0) is 45.0 Å². The fraction of sp³-hybridized carbons (Fsp3) is 0.588. The normalized spacial score (nSPS) is 24.0. The number of nitrogens with zero attached hydrogens (tertiary/aromatic N) is 2. The highest BCUT2D eigenvalue weighted by molar-refractivity contribution is 7.89. The summed E-state index contributed by atoms with van der Waals surface area (Å²) in [6.45, 7) is 2.27. The number of sulfonamides is 1. The van der Waals surface area contributed by atoms with Gasteiger partial charge in [0.25, 0.3) is 10.0 Å². The van der Waals surface area contributed by atoms with Crippen LogP contribution in [0.25, 0.3) is 0 Å². The van der Waals surface area contributed by atoms with Crippen molar-refractivity contribution in [2.24, 2.45) is 5.92 Å². The minimum absolute atomic E-state index is 0.00511. The van der Waals surface area contributed by atoms with Crippen LogP contribution in [0.4, 0.5) is 10.5 Å². The molecule has 3 N–H and O–H groups in total. The lowest BCUT2D eigenvalue weighted by Crippen LogP contribution is -2.51. The molecule has 0 aromatic heterocycles. The van der Waals surface area contributed by atoms with Crippen LogP contribution < -0.4 is 10.6 Å². The summed E-state index contributed by atoms with van der Waals surface area (Å²) in [7, 11) is -4.30. The Bertz CT molecular complexity index is 1500. The molecule has 0 radical (unpaired) electrons. The van der Waals surface area contributed by atoms with E-state index in [9.17, 15) is 23.1 Å². The molecule has 0 bridgehead atoms. The SMILES string of the molecule is O=C(N[C@@H](Cc1ccccc1)[C@@H](O)CN(OC1CCCC1)S(=O)(=O)c1cccc(NCC(=O)N2CCOCC2)c1)O[C@@H]1CO[C@@H]2OCC[C@@H]21. The number of hydrogen-bond donors (Lipinski definition) is 3. The predicted molar refractivity (Wildman–Crippen MR) is 177 cm³/mol. The van der Waals surface area contributed by atoms with Crippen LogP contribution in [0.3, 0.4) is 0 Å². The Hall–Kier alpha value is -3.31. The second-order valence-corrected chi connectivity index (χ2v) is 14.7. The van der Waals surface area contributed by atoms with Crippen molar-refractivity contribution in [3.63, 3.8) is 0 Å². The molecule has 2 aromatic rings. The number of rotatable bonds is 14. The van der Waals surface area contributed by atoms with E-state index in [0.717, 1.165) is 22.9 Å². The van der Waals surface area contributed by atoms with Crippen molar-refractivity contribution < 1.29 is 46.9 Å². The van der Waals surface area contributed by atoms with Gasteiger partial charge in [-0.3, -0.25) is 9.63 Å². The van der Waals surface area contributed by atoms with Crippen LogP contribution in [-0.4, -0.2) is 118 Å². The molecule has 1 saturated carbocycles. The van der Waals surface area contributed by atoms with Crippen molar-refractivity contribution in [2.45, 2.75) is 74.1 Å². The molecule has 3 aliphatic heterocycles. The number of aliphatic hydroxyl groups excluding tert-OH is 1. The summed E-state index contributed by atoms with van der Waals surface area (Å²) in [4.78, 5) is 33.6. The van der Waals surface area contributed by atoms with Crippen LogP contribution in [0.5, 0.6) is 0 Å². The van der Waals surface area contributed by atoms with Gasteiger partial charge in [0.05, 0.1) is 68.6 Å². The summed E-state index contributed by atoms with van der Waals surface area (Å²) < 4.78 is 51.4. The van der Waals surface area contributed by atoms with Crippen LogP contribution in [0, 0.1) is 5.92 Å². The highest BCUT2D eigenvalue weighted by Gasteiger charge is 2.44. The zero-order valence-corrected chi connectivity index (χ0v) is 28.3. The third-order valence-corrected chi connectivity index (χ3v) is 11.0. The predicted octanol–water partition coefficient (Wildman–Crippen LogP) is 2.28. The lowest BCUT2D eigenvalue weighted by Gasteiger charge is -2.31. The smallest absolute Gasteiger partial charge is 0.407 e. The summed E-state index contributed by atoms with van der Waals surface area (Å²) in [5.74, 6) is -0.176. The molecule has 3 saturated heterocycles. The average molecular weight is 703 g/mol. The second kappa shape index (κ2) is 16.6. The van der Waals surface area contributed by atoms with E-state index in [0.29, 0.717) is 57.9 Å².